The van der Waals surface area contributed by atoms with Crippen LogP contribution in [0.2, 0.25) is 0 Å². The van der Waals surface area contributed by atoms with E-state index in [0.29, 0.717) is 0 Å². The number of hydrogen-bond acceptors (Lipinski definition) is 4. The Morgan fingerprint density at radius 3 is 1.85 bits per heavy atom. The SMILES string of the molecule is [CH2]COP(=O)(OCC=C)OCC=C. The number of phosphoric ester groups is 1. The second kappa shape index (κ2) is 7.04. The van der Waals surface area contributed by atoms with Crippen molar-refractivity contribution in [3.63, 3.8) is 0 Å². The first kappa shape index (κ1) is 12.6. The molecule has 0 fully saturated rings. The zero-order valence-electron chi connectivity index (χ0n) is 7.48. The van der Waals surface area contributed by atoms with Crippen molar-refractivity contribution >= 4 is 7.82 Å². The summed E-state index contributed by atoms with van der Waals surface area (Å²) in [4.78, 5) is 0. The third-order valence-corrected chi connectivity index (χ3v) is 2.38. The Morgan fingerprint density at radius 1 is 1.08 bits per heavy atom. The third kappa shape index (κ3) is 5.77. The Balaban J connectivity index is 4.06. The van der Waals surface area contributed by atoms with Crippen LogP contribution in [0.25, 0.3) is 0 Å². The molecule has 0 N–H and O–H groups in total. The summed E-state index contributed by atoms with van der Waals surface area (Å²) in [5, 5.41) is 0. The largest absolute Gasteiger partial charge is 0.475 e. The Hall–Kier alpha value is -0.410. The lowest BCUT2D eigenvalue weighted by Gasteiger charge is -2.14. The first-order valence-corrected chi connectivity index (χ1v) is 5.19. The highest BCUT2D eigenvalue weighted by Gasteiger charge is 2.24. The molecule has 0 aliphatic heterocycles. The molecule has 0 atom stereocenters. The van der Waals surface area contributed by atoms with Crippen LogP contribution in [-0.4, -0.2) is 19.8 Å². The Morgan fingerprint density at radius 2 is 1.54 bits per heavy atom. The van der Waals surface area contributed by atoms with E-state index >= 15 is 0 Å². The molecule has 1 radical (unpaired) electrons. The van der Waals surface area contributed by atoms with Crippen molar-refractivity contribution in [2.45, 2.75) is 0 Å². The molecule has 0 aromatic rings. The highest BCUT2D eigenvalue weighted by atomic mass is 31.2. The lowest BCUT2D eigenvalue weighted by molar-refractivity contribution is 0.141. The zero-order valence-corrected chi connectivity index (χ0v) is 8.37. The Bertz CT molecular complexity index is 186. The summed E-state index contributed by atoms with van der Waals surface area (Å²) in [6, 6.07) is 0. The van der Waals surface area contributed by atoms with Crippen LogP contribution in [0.4, 0.5) is 0 Å². The summed E-state index contributed by atoms with van der Waals surface area (Å²) in [6.07, 6.45) is 2.91. The Kier molecular flexibility index (Phi) is 6.82. The summed E-state index contributed by atoms with van der Waals surface area (Å²) in [7, 11) is -3.46. The van der Waals surface area contributed by atoms with Gasteiger partial charge in [-0.2, -0.15) is 0 Å². The molecule has 0 aliphatic carbocycles. The minimum atomic E-state index is -3.46. The van der Waals surface area contributed by atoms with Crippen molar-refractivity contribution in [2.24, 2.45) is 0 Å². The van der Waals surface area contributed by atoms with Crippen molar-refractivity contribution in [3.8, 4) is 0 Å². The molecule has 0 bridgehead atoms. The van der Waals surface area contributed by atoms with Crippen LogP contribution in [0, 0.1) is 6.92 Å². The van der Waals surface area contributed by atoms with E-state index in [4.69, 9.17) is 13.6 Å². The fourth-order valence-corrected chi connectivity index (χ4v) is 1.53. The zero-order chi connectivity index (χ0) is 10.2. The highest BCUT2D eigenvalue weighted by molar-refractivity contribution is 7.48. The van der Waals surface area contributed by atoms with E-state index in [1.807, 2.05) is 0 Å². The molecule has 0 spiro atoms. The van der Waals surface area contributed by atoms with Gasteiger partial charge in [0.05, 0.1) is 19.8 Å². The molecule has 13 heavy (non-hydrogen) atoms. The molecule has 0 amide bonds. The van der Waals surface area contributed by atoms with Crippen molar-refractivity contribution < 1.29 is 18.1 Å². The smallest absolute Gasteiger partial charge is 0.287 e. The van der Waals surface area contributed by atoms with Crippen molar-refractivity contribution in [1.29, 1.82) is 0 Å². The minimum absolute atomic E-state index is 0.0194. The van der Waals surface area contributed by atoms with Crippen molar-refractivity contribution in [3.05, 3.63) is 32.2 Å². The van der Waals surface area contributed by atoms with Gasteiger partial charge in [-0.05, 0) is 6.92 Å². The molecule has 0 saturated carbocycles. The fourth-order valence-electron chi connectivity index (χ4n) is 0.512. The van der Waals surface area contributed by atoms with Gasteiger partial charge in [-0.25, -0.2) is 4.57 Å². The highest BCUT2D eigenvalue weighted by Crippen LogP contribution is 2.49. The summed E-state index contributed by atoms with van der Waals surface area (Å²) in [5.41, 5.74) is 0. The van der Waals surface area contributed by atoms with Crippen molar-refractivity contribution in [1.82, 2.24) is 0 Å². The van der Waals surface area contributed by atoms with Crippen LogP contribution in [-0.2, 0) is 18.1 Å². The van der Waals surface area contributed by atoms with Crippen LogP contribution in [0.3, 0.4) is 0 Å². The van der Waals surface area contributed by atoms with Gasteiger partial charge in [-0.1, -0.05) is 12.2 Å². The average molecular weight is 205 g/mol. The van der Waals surface area contributed by atoms with E-state index in [1.165, 1.54) is 12.2 Å². The maximum Gasteiger partial charge on any atom is 0.475 e. The van der Waals surface area contributed by atoms with Gasteiger partial charge in [-0.3, -0.25) is 13.6 Å². The van der Waals surface area contributed by atoms with Crippen LogP contribution < -0.4 is 0 Å². The lowest BCUT2D eigenvalue weighted by atomic mass is 10.7. The summed E-state index contributed by atoms with van der Waals surface area (Å²) in [5.74, 6) is 0. The molecule has 0 aromatic heterocycles. The molecule has 4 nitrogen and oxygen atoms in total. The number of rotatable bonds is 8. The number of hydrogen-bond donors (Lipinski definition) is 0. The average Bonchev–Trinajstić information content (AvgIpc) is 2.12. The molecule has 0 aromatic carbocycles. The molecule has 0 saturated heterocycles. The third-order valence-electron chi connectivity index (χ3n) is 0.950. The molecular weight excluding hydrogens is 191 g/mol. The summed E-state index contributed by atoms with van der Waals surface area (Å²) >= 11 is 0. The summed E-state index contributed by atoms with van der Waals surface area (Å²) < 4.78 is 25.9. The molecule has 0 aliphatic rings. The van der Waals surface area contributed by atoms with Gasteiger partial charge in [0, 0.05) is 0 Å². The number of phosphoric acid groups is 1. The molecule has 5 heteroatoms. The topological polar surface area (TPSA) is 44.8 Å². The predicted molar refractivity (Wildman–Crippen MR) is 51.2 cm³/mol. The standard InChI is InChI=1S/C8H14O4P/c1-4-7-11-13(9,10-6-3)12-8-5-2/h4-5H,1-3,6-8H2. The first-order chi connectivity index (χ1) is 6.18. The molecule has 0 heterocycles. The predicted octanol–water partition coefficient (Wildman–Crippen LogP) is 2.35. The van der Waals surface area contributed by atoms with Gasteiger partial charge in [0.25, 0.3) is 0 Å². The molecule has 0 unspecified atom stereocenters. The van der Waals surface area contributed by atoms with E-state index in [9.17, 15) is 4.57 Å². The second-order valence-electron chi connectivity index (χ2n) is 1.95. The molecular formula is C8H14O4P. The molecule has 0 rings (SSSR count). The van der Waals surface area contributed by atoms with E-state index in [0.717, 1.165) is 0 Å². The van der Waals surface area contributed by atoms with E-state index in [2.05, 4.69) is 20.1 Å². The molecule has 75 valence electrons. The second-order valence-corrected chi connectivity index (χ2v) is 3.62. The van der Waals surface area contributed by atoms with E-state index < -0.39 is 7.82 Å². The minimum Gasteiger partial charge on any atom is -0.287 e. The van der Waals surface area contributed by atoms with Crippen molar-refractivity contribution in [2.75, 3.05) is 19.8 Å². The van der Waals surface area contributed by atoms with Gasteiger partial charge in [-0.15, -0.1) is 13.2 Å². The van der Waals surface area contributed by atoms with Crippen LogP contribution >= 0.6 is 7.82 Å². The normalized spacial score (nSPS) is 11.2. The Labute approximate surface area is 78.8 Å². The van der Waals surface area contributed by atoms with Gasteiger partial charge in [0.2, 0.25) is 0 Å². The van der Waals surface area contributed by atoms with Crippen LogP contribution in [0.15, 0.2) is 25.3 Å². The van der Waals surface area contributed by atoms with Crippen LogP contribution in [0.1, 0.15) is 0 Å². The maximum atomic E-state index is 11.5. The van der Waals surface area contributed by atoms with E-state index in [-0.39, 0.29) is 19.8 Å². The van der Waals surface area contributed by atoms with Gasteiger partial charge < -0.3 is 0 Å². The van der Waals surface area contributed by atoms with Gasteiger partial charge >= 0.3 is 7.82 Å². The maximum absolute atomic E-state index is 11.5. The lowest BCUT2D eigenvalue weighted by Crippen LogP contribution is -2.00. The first-order valence-electron chi connectivity index (χ1n) is 3.73. The van der Waals surface area contributed by atoms with Crippen LogP contribution in [0.5, 0.6) is 0 Å². The van der Waals surface area contributed by atoms with E-state index in [1.54, 1.807) is 0 Å². The summed E-state index contributed by atoms with van der Waals surface area (Å²) in [6.45, 7) is 10.4. The van der Waals surface area contributed by atoms with Gasteiger partial charge in [0.15, 0.2) is 0 Å². The fraction of sp³-hybridized carbons (Fsp3) is 0.375. The quantitative estimate of drug-likeness (QED) is 0.450. The monoisotopic (exact) mass is 205 g/mol. The van der Waals surface area contributed by atoms with Gasteiger partial charge in [0.1, 0.15) is 0 Å².